The van der Waals surface area contributed by atoms with Gasteiger partial charge in [-0.2, -0.15) is 0 Å². The Morgan fingerprint density at radius 3 is 2.28 bits per heavy atom. The lowest BCUT2D eigenvalue weighted by molar-refractivity contribution is -0.148. The van der Waals surface area contributed by atoms with Gasteiger partial charge in [0.05, 0.1) is 18.4 Å². The van der Waals surface area contributed by atoms with Crippen LogP contribution in [0.5, 0.6) is 0 Å². The Morgan fingerprint density at radius 1 is 1.03 bits per heavy atom. The van der Waals surface area contributed by atoms with Crippen LogP contribution in [0.4, 0.5) is 0 Å². The minimum atomic E-state index is -0.742. The zero-order valence-electron chi connectivity index (χ0n) is 18.1. The molecule has 0 unspecified atom stereocenters. The number of esters is 1. The van der Waals surface area contributed by atoms with Crippen LogP contribution in [0.3, 0.4) is 0 Å². The number of carbonyl (C=O) groups excluding carboxylic acids is 4. The van der Waals surface area contributed by atoms with Crippen LogP contribution in [0.25, 0.3) is 0 Å². The molecule has 2 aromatic rings. The van der Waals surface area contributed by atoms with Gasteiger partial charge in [0, 0.05) is 12.3 Å². The van der Waals surface area contributed by atoms with E-state index in [9.17, 15) is 19.2 Å². The van der Waals surface area contributed by atoms with Crippen LogP contribution in [-0.4, -0.2) is 30.0 Å². The first-order valence-corrected chi connectivity index (χ1v) is 11.1. The summed E-state index contributed by atoms with van der Waals surface area (Å²) in [6.07, 6.45) is 3.35. The number of ketones is 1. The van der Waals surface area contributed by atoms with Crippen molar-refractivity contribution in [1.82, 2.24) is 5.32 Å². The average Bonchev–Trinajstić information content (AvgIpc) is 3.22. The highest BCUT2D eigenvalue weighted by atomic mass is 16.5. The normalized spacial score (nSPS) is 17.4. The second-order valence-corrected chi connectivity index (χ2v) is 8.28. The first kappa shape index (κ1) is 23.4. The molecule has 32 heavy (non-hydrogen) atoms. The second kappa shape index (κ2) is 11.9. The van der Waals surface area contributed by atoms with Crippen molar-refractivity contribution in [2.75, 3.05) is 0 Å². The number of aldehydes is 1. The lowest BCUT2D eigenvalue weighted by Gasteiger charge is -2.21. The van der Waals surface area contributed by atoms with E-state index in [1.165, 1.54) is 0 Å². The minimum Gasteiger partial charge on any atom is -0.461 e. The van der Waals surface area contributed by atoms with Gasteiger partial charge in [0.25, 0.3) is 0 Å². The van der Waals surface area contributed by atoms with Gasteiger partial charge in [-0.1, -0.05) is 60.7 Å². The summed E-state index contributed by atoms with van der Waals surface area (Å²) in [6, 6.07) is 18.0. The molecule has 1 aliphatic rings. The highest BCUT2D eigenvalue weighted by Gasteiger charge is 2.30. The Balaban J connectivity index is 1.62. The molecule has 1 fully saturated rings. The number of benzene rings is 2. The molecule has 0 saturated heterocycles. The van der Waals surface area contributed by atoms with Gasteiger partial charge in [-0.15, -0.1) is 0 Å². The fourth-order valence-electron chi connectivity index (χ4n) is 4.05. The summed E-state index contributed by atoms with van der Waals surface area (Å²) in [5.41, 5.74) is 1.78. The van der Waals surface area contributed by atoms with Crippen molar-refractivity contribution in [1.29, 1.82) is 0 Å². The quantitative estimate of drug-likeness (QED) is 0.432. The average molecular weight is 436 g/mol. The molecular formula is C26H29NO5. The maximum Gasteiger partial charge on any atom is 0.306 e. The summed E-state index contributed by atoms with van der Waals surface area (Å²) >= 11 is 0. The predicted octanol–water partition coefficient (Wildman–Crippen LogP) is 3.42. The zero-order chi connectivity index (χ0) is 22.8. The van der Waals surface area contributed by atoms with E-state index in [2.05, 4.69) is 5.32 Å². The second-order valence-electron chi connectivity index (χ2n) is 8.28. The monoisotopic (exact) mass is 435 g/mol. The Morgan fingerprint density at radius 2 is 1.69 bits per heavy atom. The Kier molecular flexibility index (Phi) is 8.72. The fourth-order valence-corrected chi connectivity index (χ4v) is 4.05. The Bertz CT molecular complexity index is 912. The lowest BCUT2D eigenvalue weighted by Crippen LogP contribution is -2.42. The number of hydrogen-bond acceptors (Lipinski definition) is 5. The third-order valence-corrected chi connectivity index (χ3v) is 5.81. The summed E-state index contributed by atoms with van der Waals surface area (Å²) in [6.45, 7) is 0.139. The molecule has 0 bridgehead atoms. The molecule has 1 amide bonds. The van der Waals surface area contributed by atoms with E-state index in [0.717, 1.165) is 24.0 Å². The summed E-state index contributed by atoms with van der Waals surface area (Å²) in [5.74, 6) is -1.57. The van der Waals surface area contributed by atoms with Gasteiger partial charge in [-0.05, 0) is 36.8 Å². The van der Waals surface area contributed by atoms with Crippen molar-refractivity contribution in [2.24, 2.45) is 11.8 Å². The lowest BCUT2D eigenvalue weighted by atomic mass is 9.93. The molecule has 2 aromatic carbocycles. The number of nitrogens with one attached hydrogen (secondary N) is 1. The molecule has 0 aliphatic heterocycles. The van der Waals surface area contributed by atoms with Crippen LogP contribution in [0, 0.1) is 11.8 Å². The summed E-state index contributed by atoms with van der Waals surface area (Å²) in [4.78, 5) is 49.0. The molecule has 168 valence electrons. The molecule has 3 rings (SSSR count). The van der Waals surface area contributed by atoms with E-state index in [4.69, 9.17) is 4.74 Å². The zero-order valence-corrected chi connectivity index (χ0v) is 18.1. The third kappa shape index (κ3) is 7.15. The molecule has 1 N–H and O–H groups in total. The molecule has 6 nitrogen and oxygen atoms in total. The van der Waals surface area contributed by atoms with Gasteiger partial charge >= 0.3 is 5.97 Å². The van der Waals surface area contributed by atoms with Crippen molar-refractivity contribution in [3.63, 3.8) is 0 Å². The van der Waals surface area contributed by atoms with Crippen LogP contribution < -0.4 is 5.32 Å². The Labute approximate surface area is 188 Å². The molecule has 1 aliphatic carbocycles. The van der Waals surface area contributed by atoms with Gasteiger partial charge in [0.15, 0.2) is 0 Å². The molecule has 6 heteroatoms. The van der Waals surface area contributed by atoms with E-state index in [-0.39, 0.29) is 30.6 Å². The highest BCUT2D eigenvalue weighted by Crippen LogP contribution is 2.25. The minimum absolute atomic E-state index is 0.0957. The predicted molar refractivity (Wildman–Crippen MR) is 119 cm³/mol. The van der Waals surface area contributed by atoms with Crippen molar-refractivity contribution in [3.05, 3.63) is 71.8 Å². The van der Waals surface area contributed by atoms with Gasteiger partial charge in [-0.25, -0.2) is 0 Å². The molecule has 0 spiro atoms. The molecule has 0 heterocycles. The largest absolute Gasteiger partial charge is 0.461 e. The molecule has 0 aromatic heterocycles. The molecule has 0 radical (unpaired) electrons. The Hall–Kier alpha value is -3.28. The van der Waals surface area contributed by atoms with E-state index in [1.54, 1.807) is 0 Å². The van der Waals surface area contributed by atoms with E-state index in [0.29, 0.717) is 25.5 Å². The van der Waals surface area contributed by atoms with Gasteiger partial charge in [-0.3, -0.25) is 14.4 Å². The number of Topliss-reactive ketones (excluding diaryl/α,β-unsaturated/α-hetero) is 1. The van der Waals surface area contributed by atoms with Crippen LogP contribution in [-0.2, 0) is 36.9 Å². The maximum atomic E-state index is 13.0. The van der Waals surface area contributed by atoms with Crippen LogP contribution in [0.2, 0.25) is 0 Å². The van der Waals surface area contributed by atoms with Crippen LogP contribution >= 0.6 is 0 Å². The van der Waals surface area contributed by atoms with Gasteiger partial charge < -0.3 is 14.8 Å². The van der Waals surface area contributed by atoms with Gasteiger partial charge in [0.2, 0.25) is 5.91 Å². The number of carbonyl (C=O) groups is 4. The first-order chi connectivity index (χ1) is 15.5. The van der Waals surface area contributed by atoms with Crippen LogP contribution in [0.15, 0.2) is 60.7 Å². The van der Waals surface area contributed by atoms with Crippen molar-refractivity contribution in [2.45, 2.75) is 51.2 Å². The first-order valence-electron chi connectivity index (χ1n) is 11.1. The third-order valence-electron chi connectivity index (χ3n) is 5.81. The number of hydrogen-bond donors (Lipinski definition) is 1. The number of amides is 1. The van der Waals surface area contributed by atoms with Crippen molar-refractivity contribution >= 4 is 23.9 Å². The van der Waals surface area contributed by atoms with E-state index >= 15 is 0 Å². The maximum absolute atomic E-state index is 13.0. The number of ether oxygens (including phenoxy) is 1. The number of rotatable bonds is 11. The fraction of sp³-hybridized carbons (Fsp3) is 0.385. The molecule has 1 saturated carbocycles. The SMILES string of the molecule is O=C[C@H](C[C@@H]1CCCC1=O)NC(=O)[C@@H](CC(=O)OCc1ccccc1)Cc1ccccc1. The highest BCUT2D eigenvalue weighted by molar-refractivity contribution is 5.87. The molecule has 3 atom stereocenters. The van der Waals surface area contributed by atoms with Gasteiger partial charge in [0.1, 0.15) is 18.7 Å². The standard InChI is InChI=1S/C26H29NO5/c28-17-23(15-21-12-7-13-24(21)29)27-26(31)22(14-19-8-3-1-4-9-19)16-25(30)32-18-20-10-5-2-6-11-20/h1-6,8-11,17,21-23H,7,12-16,18H2,(H,27,31)/t21-,22+,23-/m0/s1. The van der Waals surface area contributed by atoms with Crippen molar-refractivity contribution < 1.29 is 23.9 Å². The summed E-state index contributed by atoms with van der Waals surface area (Å²) in [7, 11) is 0. The van der Waals surface area contributed by atoms with Crippen LogP contribution in [0.1, 0.15) is 43.2 Å². The summed E-state index contributed by atoms with van der Waals surface area (Å²) < 4.78 is 5.37. The summed E-state index contributed by atoms with van der Waals surface area (Å²) in [5, 5.41) is 2.75. The topological polar surface area (TPSA) is 89.5 Å². The van der Waals surface area contributed by atoms with E-state index in [1.807, 2.05) is 60.7 Å². The van der Waals surface area contributed by atoms with Crippen molar-refractivity contribution in [3.8, 4) is 0 Å². The van der Waals surface area contributed by atoms with E-state index < -0.39 is 17.9 Å². The smallest absolute Gasteiger partial charge is 0.306 e. The molecular weight excluding hydrogens is 406 g/mol.